The minimum Gasteiger partial charge on any atom is -0.438 e. The van der Waals surface area contributed by atoms with Crippen LogP contribution in [0.4, 0.5) is 0 Å². The first-order chi connectivity index (χ1) is 13.4. The molecule has 28 heavy (non-hydrogen) atoms. The minimum atomic E-state index is -0.411. The zero-order chi connectivity index (χ0) is 19.5. The normalized spacial score (nSPS) is 18.5. The Morgan fingerprint density at radius 2 is 1.39 bits per heavy atom. The highest BCUT2D eigenvalue weighted by atomic mass is 16.7. The highest BCUT2D eigenvalue weighted by Gasteiger charge is 2.51. The Kier molecular flexibility index (Phi) is 3.70. The van der Waals surface area contributed by atoms with E-state index in [1.54, 1.807) is 6.20 Å². The SMILES string of the molecule is CC1(C)OB(c2ccc3c(c2)-c2ccccc2-c2cccnc2O3)OC1(C)C. The Balaban J connectivity index is 1.65. The molecular formula is C23H22BNO3. The molecule has 1 aromatic heterocycles. The molecule has 0 radical (unpaired) electrons. The number of rotatable bonds is 1. The molecular weight excluding hydrogens is 349 g/mol. The average Bonchev–Trinajstić information content (AvgIpc) is 2.82. The van der Waals surface area contributed by atoms with Crippen LogP contribution in [-0.2, 0) is 9.31 Å². The molecule has 3 heterocycles. The van der Waals surface area contributed by atoms with Gasteiger partial charge >= 0.3 is 7.12 Å². The maximum Gasteiger partial charge on any atom is 0.494 e. The van der Waals surface area contributed by atoms with Crippen molar-refractivity contribution in [3.8, 4) is 33.9 Å². The summed E-state index contributed by atoms with van der Waals surface area (Å²) >= 11 is 0. The van der Waals surface area contributed by atoms with Gasteiger partial charge in [0.2, 0.25) is 5.88 Å². The van der Waals surface area contributed by atoms with Gasteiger partial charge in [0.25, 0.3) is 0 Å². The predicted octanol–water partition coefficient (Wildman–Crippen LogP) is 4.82. The molecule has 2 aliphatic heterocycles. The molecule has 2 aliphatic rings. The molecule has 3 aromatic rings. The van der Waals surface area contributed by atoms with Gasteiger partial charge in [-0.25, -0.2) is 4.98 Å². The molecule has 0 N–H and O–H groups in total. The molecule has 4 nitrogen and oxygen atoms in total. The molecule has 0 aliphatic carbocycles. The van der Waals surface area contributed by atoms with E-state index in [0.29, 0.717) is 5.88 Å². The lowest BCUT2D eigenvalue weighted by atomic mass is 9.77. The molecule has 2 aromatic carbocycles. The van der Waals surface area contributed by atoms with E-state index in [1.165, 1.54) is 0 Å². The van der Waals surface area contributed by atoms with Gasteiger partial charge in [-0.1, -0.05) is 36.4 Å². The second kappa shape index (κ2) is 5.93. The van der Waals surface area contributed by atoms with Crippen LogP contribution < -0.4 is 10.2 Å². The van der Waals surface area contributed by atoms with E-state index in [0.717, 1.165) is 33.5 Å². The lowest BCUT2D eigenvalue weighted by molar-refractivity contribution is 0.00578. The third-order valence-electron chi connectivity index (χ3n) is 6.01. The van der Waals surface area contributed by atoms with Gasteiger partial charge in [0.15, 0.2) is 0 Å². The van der Waals surface area contributed by atoms with E-state index in [1.807, 2.05) is 36.4 Å². The van der Waals surface area contributed by atoms with Gasteiger partial charge in [0.05, 0.1) is 11.2 Å². The molecule has 1 fully saturated rings. The number of nitrogens with zero attached hydrogens (tertiary/aromatic N) is 1. The maximum atomic E-state index is 6.25. The Labute approximate surface area is 165 Å². The summed E-state index contributed by atoms with van der Waals surface area (Å²) in [4.78, 5) is 4.44. The number of aromatic nitrogens is 1. The third kappa shape index (κ3) is 2.58. The lowest BCUT2D eigenvalue weighted by Crippen LogP contribution is -2.41. The summed E-state index contributed by atoms with van der Waals surface area (Å²) in [6.45, 7) is 8.27. The molecule has 140 valence electrons. The van der Waals surface area contributed by atoms with E-state index in [-0.39, 0.29) is 11.2 Å². The average molecular weight is 371 g/mol. The van der Waals surface area contributed by atoms with E-state index in [4.69, 9.17) is 14.0 Å². The smallest absolute Gasteiger partial charge is 0.438 e. The van der Waals surface area contributed by atoms with Crippen molar-refractivity contribution in [1.29, 1.82) is 0 Å². The van der Waals surface area contributed by atoms with Gasteiger partial charge in [-0.05, 0) is 62.5 Å². The van der Waals surface area contributed by atoms with Crippen molar-refractivity contribution in [3.63, 3.8) is 0 Å². The molecule has 0 saturated carbocycles. The molecule has 5 rings (SSSR count). The molecule has 0 spiro atoms. The molecule has 1 saturated heterocycles. The van der Waals surface area contributed by atoms with Crippen LogP contribution in [-0.4, -0.2) is 23.3 Å². The van der Waals surface area contributed by atoms with Crippen molar-refractivity contribution in [2.45, 2.75) is 38.9 Å². The fourth-order valence-electron chi connectivity index (χ4n) is 3.71. The van der Waals surface area contributed by atoms with Crippen LogP contribution in [0.25, 0.3) is 22.3 Å². The van der Waals surface area contributed by atoms with Crippen molar-refractivity contribution in [2.24, 2.45) is 0 Å². The topological polar surface area (TPSA) is 40.6 Å². The summed E-state index contributed by atoms with van der Waals surface area (Å²) in [5, 5.41) is 0. The van der Waals surface area contributed by atoms with Crippen molar-refractivity contribution in [3.05, 3.63) is 60.8 Å². The summed E-state index contributed by atoms with van der Waals surface area (Å²) in [5.41, 5.74) is 4.46. The van der Waals surface area contributed by atoms with Crippen LogP contribution in [0, 0.1) is 0 Å². The standard InChI is InChI=1S/C23H22BNO3/c1-22(2)23(3,4)28-24(27-22)15-11-12-20-19(14-15)17-9-6-5-8-16(17)18-10-7-13-25-21(18)26-20/h5-14H,1-4H3. The number of fused-ring (bicyclic) bond motifs is 5. The first kappa shape index (κ1) is 17.5. The zero-order valence-electron chi connectivity index (χ0n) is 16.5. The van der Waals surface area contributed by atoms with Gasteiger partial charge in [0.1, 0.15) is 5.75 Å². The van der Waals surface area contributed by atoms with Gasteiger partial charge in [-0.2, -0.15) is 0 Å². The molecule has 0 unspecified atom stereocenters. The molecule has 0 bridgehead atoms. The van der Waals surface area contributed by atoms with Gasteiger partial charge in [-0.15, -0.1) is 0 Å². The van der Waals surface area contributed by atoms with E-state index in [9.17, 15) is 0 Å². The van der Waals surface area contributed by atoms with E-state index >= 15 is 0 Å². The van der Waals surface area contributed by atoms with Crippen molar-refractivity contribution in [2.75, 3.05) is 0 Å². The van der Waals surface area contributed by atoms with Crippen molar-refractivity contribution < 1.29 is 14.0 Å². The second-order valence-electron chi connectivity index (χ2n) is 8.35. The molecule has 0 atom stereocenters. The summed E-state index contributed by atoms with van der Waals surface area (Å²) in [6, 6.07) is 18.4. The number of benzene rings is 2. The summed E-state index contributed by atoms with van der Waals surface area (Å²) < 4.78 is 18.7. The minimum absolute atomic E-state index is 0.376. The Bertz CT molecular complexity index is 1060. The summed E-state index contributed by atoms with van der Waals surface area (Å²) in [7, 11) is -0.411. The van der Waals surface area contributed by atoms with E-state index in [2.05, 4.69) is 50.9 Å². The monoisotopic (exact) mass is 371 g/mol. The Hall–Kier alpha value is -2.63. The van der Waals surface area contributed by atoms with Crippen molar-refractivity contribution >= 4 is 12.6 Å². The highest BCUT2D eigenvalue weighted by molar-refractivity contribution is 6.62. The maximum absolute atomic E-state index is 6.25. The zero-order valence-corrected chi connectivity index (χ0v) is 16.5. The van der Waals surface area contributed by atoms with Crippen molar-refractivity contribution in [1.82, 2.24) is 4.98 Å². The van der Waals surface area contributed by atoms with E-state index < -0.39 is 7.12 Å². The number of hydrogen-bond donors (Lipinski definition) is 0. The van der Waals surface area contributed by atoms with Crippen LogP contribution in [0.3, 0.4) is 0 Å². The van der Waals surface area contributed by atoms with Gasteiger partial charge in [-0.3, -0.25) is 0 Å². The fraction of sp³-hybridized carbons (Fsp3) is 0.261. The van der Waals surface area contributed by atoms with Crippen LogP contribution in [0.15, 0.2) is 60.8 Å². The molecule has 5 heteroatoms. The molecule has 0 amide bonds. The summed E-state index contributed by atoms with van der Waals surface area (Å²) in [5.74, 6) is 1.40. The van der Waals surface area contributed by atoms with Crippen LogP contribution in [0.2, 0.25) is 0 Å². The van der Waals surface area contributed by atoms with Gasteiger partial charge < -0.3 is 14.0 Å². The first-order valence-electron chi connectivity index (χ1n) is 9.58. The second-order valence-corrected chi connectivity index (χ2v) is 8.35. The Morgan fingerprint density at radius 3 is 2.11 bits per heavy atom. The highest BCUT2D eigenvalue weighted by Crippen LogP contribution is 2.45. The number of hydrogen-bond acceptors (Lipinski definition) is 4. The predicted molar refractivity (Wildman–Crippen MR) is 111 cm³/mol. The number of ether oxygens (including phenoxy) is 1. The van der Waals surface area contributed by atoms with Crippen LogP contribution >= 0.6 is 0 Å². The Morgan fingerprint density at radius 1 is 0.750 bits per heavy atom. The lowest BCUT2D eigenvalue weighted by Gasteiger charge is -2.32. The quantitative estimate of drug-likeness (QED) is 0.450. The van der Waals surface area contributed by atoms with Crippen LogP contribution in [0.1, 0.15) is 27.7 Å². The third-order valence-corrected chi connectivity index (χ3v) is 6.01. The summed E-state index contributed by atoms with van der Waals surface area (Å²) in [6.07, 6.45) is 1.76. The van der Waals surface area contributed by atoms with Crippen LogP contribution in [0.5, 0.6) is 11.6 Å². The van der Waals surface area contributed by atoms with Gasteiger partial charge in [0, 0.05) is 17.3 Å². The largest absolute Gasteiger partial charge is 0.494 e. The fourth-order valence-corrected chi connectivity index (χ4v) is 3.71. The number of pyridine rings is 1. The first-order valence-corrected chi connectivity index (χ1v) is 9.58.